The number of hydrogen-bond donors (Lipinski definition) is 0. The van der Waals surface area contributed by atoms with Crippen molar-refractivity contribution in [1.82, 2.24) is 0 Å². The van der Waals surface area contributed by atoms with Gasteiger partial charge in [-0.05, 0) is 31.0 Å². The summed E-state index contributed by atoms with van der Waals surface area (Å²) in [7, 11) is -3.76. The molecule has 0 saturated carbocycles. The van der Waals surface area contributed by atoms with Crippen LogP contribution in [-0.2, 0) is 9.84 Å². The monoisotopic (exact) mass is 268 g/mol. The highest BCUT2D eigenvalue weighted by atomic mass is 35.5. The molecule has 0 amide bonds. The Bertz CT molecular complexity index is 460. The summed E-state index contributed by atoms with van der Waals surface area (Å²) in [4.78, 5) is -0.581. The van der Waals surface area contributed by atoms with Gasteiger partial charge in [-0.3, -0.25) is 0 Å². The van der Waals surface area contributed by atoms with Gasteiger partial charge in [0, 0.05) is 5.88 Å². The van der Waals surface area contributed by atoms with Crippen LogP contribution in [0, 0.1) is 11.6 Å². The normalized spacial score (nSPS) is 11.7. The number of alkyl halides is 1. The zero-order valence-electron chi connectivity index (χ0n) is 8.42. The molecule has 0 bridgehead atoms. The Kier molecular flexibility index (Phi) is 4.68. The summed E-state index contributed by atoms with van der Waals surface area (Å²) in [5.41, 5.74) is 0. The molecule has 0 atom stereocenters. The maximum absolute atomic E-state index is 13.2. The van der Waals surface area contributed by atoms with Crippen molar-refractivity contribution >= 4 is 21.4 Å². The Labute approximate surface area is 98.2 Å². The first-order valence-electron chi connectivity index (χ1n) is 4.71. The van der Waals surface area contributed by atoms with E-state index in [0.29, 0.717) is 24.8 Å². The van der Waals surface area contributed by atoms with Crippen LogP contribution in [0.3, 0.4) is 0 Å². The number of sulfone groups is 1. The molecule has 90 valence electrons. The van der Waals surface area contributed by atoms with E-state index in [1.165, 1.54) is 0 Å². The van der Waals surface area contributed by atoms with Gasteiger partial charge in [0.05, 0.1) is 5.75 Å². The summed E-state index contributed by atoms with van der Waals surface area (Å²) in [5.74, 6) is -1.56. The lowest BCUT2D eigenvalue weighted by atomic mass is 10.3. The van der Waals surface area contributed by atoms with Crippen molar-refractivity contribution in [2.45, 2.75) is 17.7 Å². The van der Waals surface area contributed by atoms with Crippen molar-refractivity contribution in [3.63, 3.8) is 0 Å². The van der Waals surface area contributed by atoms with Crippen molar-refractivity contribution in [1.29, 1.82) is 0 Å². The maximum Gasteiger partial charge on any atom is 0.181 e. The van der Waals surface area contributed by atoms with Crippen molar-refractivity contribution in [2.24, 2.45) is 0 Å². The fourth-order valence-corrected chi connectivity index (χ4v) is 2.86. The molecule has 1 aromatic rings. The number of unbranched alkanes of at least 4 members (excludes halogenated alkanes) is 1. The Morgan fingerprint density at radius 3 is 2.50 bits per heavy atom. The van der Waals surface area contributed by atoms with Crippen LogP contribution >= 0.6 is 11.6 Å². The van der Waals surface area contributed by atoms with Crippen LogP contribution in [0.25, 0.3) is 0 Å². The Morgan fingerprint density at radius 2 is 1.88 bits per heavy atom. The molecule has 0 radical (unpaired) electrons. The van der Waals surface area contributed by atoms with Crippen LogP contribution in [0.15, 0.2) is 23.1 Å². The maximum atomic E-state index is 13.2. The Balaban J connectivity index is 2.93. The third-order valence-corrected chi connectivity index (χ3v) is 4.10. The topological polar surface area (TPSA) is 34.1 Å². The van der Waals surface area contributed by atoms with Crippen LogP contribution in [0.1, 0.15) is 12.8 Å². The molecule has 0 N–H and O–H groups in total. The van der Waals surface area contributed by atoms with Crippen molar-refractivity contribution in [2.75, 3.05) is 11.6 Å². The van der Waals surface area contributed by atoms with Crippen LogP contribution < -0.4 is 0 Å². The third-order valence-electron chi connectivity index (χ3n) is 2.03. The smallest absolute Gasteiger partial charge is 0.181 e. The summed E-state index contributed by atoms with van der Waals surface area (Å²) in [5, 5.41) is 0. The number of benzene rings is 1. The molecule has 1 aromatic carbocycles. The van der Waals surface area contributed by atoms with Crippen LogP contribution in [0.4, 0.5) is 8.78 Å². The van der Waals surface area contributed by atoms with Gasteiger partial charge in [-0.15, -0.1) is 11.6 Å². The molecule has 0 unspecified atom stereocenters. The average molecular weight is 269 g/mol. The van der Waals surface area contributed by atoms with Crippen LogP contribution in [0.2, 0.25) is 0 Å². The molecule has 16 heavy (non-hydrogen) atoms. The molecule has 0 fully saturated rings. The molecule has 0 aliphatic carbocycles. The highest BCUT2D eigenvalue weighted by Crippen LogP contribution is 2.18. The molecular formula is C10H11ClF2O2S. The summed E-state index contributed by atoms with van der Waals surface area (Å²) in [6, 6.07) is 2.39. The van der Waals surface area contributed by atoms with Gasteiger partial charge in [0.25, 0.3) is 0 Å². The van der Waals surface area contributed by atoms with E-state index in [4.69, 9.17) is 11.6 Å². The molecule has 0 heterocycles. The van der Waals surface area contributed by atoms with Gasteiger partial charge < -0.3 is 0 Å². The first-order chi connectivity index (χ1) is 7.47. The van der Waals surface area contributed by atoms with Gasteiger partial charge >= 0.3 is 0 Å². The van der Waals surface area contributed by atoms with Gasteiger partial charge in [-0.2, -0.15) is 0 Å². The standard InChI is InChI=1S/C10H11ClF2O2S/c11-5-1-2-6-16(14,15)10-7-8(12)3-4-9(10)13/h3-4,7H,1-2,5-6H2. The van der Waals surface area contributed by atoms with Crippen molar-refractivity contribution < 1.29 is 17.2 Å². The van der Waals surface area contributed by atoms with E-state index in [9.17, 15) is 17.2 Å². The predicted octanol–water partition coefficient (Wildman–Crippen LogP) is 2.76. The summed E-state index contributed by atoms with van der Waals surface area (Å²) in [6.07, 6.45) is 0.861. The fraction of sp³-hybridized carbons (Fsp3) is 0.400. The zero-order valence-corrected chi connectivity index (χ0v) is 9.99. The quantitative estimate of drug-likeness (QED) is 0.608. The van der Waals surface area contributed by atoms with Crippen molar-refractivity contribution in [3.8, 4) is 0 Å². The van der Waals surface area contributed by atoms with Crippen LogP contribution in [-0.4, -0.2) is 20.1 Å². The summed E-state index contributed by atoms with van der Waals surface area (Å²) >= 11 is 5.40. The van der Waals surface area contributed by atoms with Gasteiger partial charge in [-0.25, -0.2) is 17.2 Å². The first-order valence-corrected chi connectivity index (χ1v) is 6.90. The highest BCUT2D eigenvalue weighted by molar-refractivity contribution is 7.91. The van der Waals surface area contributed by atoms with Gasteiger partial charge in [0.1, 0.15) is 16.5 Å². The molecule has 0 saturated heterocycles. The molecule has 0 aromatic heterocycles. The Morgan fingerprint density at radius 1 is 1.19 bits per heavy atom. The van der Waals surface area contributed by atoms with Crippen LogP contribution in [0.5, 0.6) is 0 Å². The van der Waals surface area contributed by atoms with Gasteiger partial charge in [-0.1, -0.05) is 0 Å². The molecule has 0 spiro atoms. The second-order valence-electron chi connectivity index (χ2n) is 3.29. The lowest BCUT2D eigenvalue weighted by Crippen LogP contribution is -2.09. The average Bonchev–Trinajstić information content (AvgIpc) is 2.22. The number of rotatable bonds is 5. The molecule has 0 aliphatic heterocycles. The minimum atomic E-state index is -3.76. The third kappa shape index (κ3) is 3.42. The van der Waals surface area contributed by atoms with Gasteiger partial charge in [0.2, 0.25) is 0 Å². The largest absolute Gasteiger partial charge is 0.224 e. The minimum Gasteiger partial charge on any atom is -0.224 e. The first kappa shape index (κ1) is 13.4. The molecule has 2 nitrogen and oxygen atoms in total. The van der Waals surface area contributed by atoms with E-state index in [2.05, 4.69) is 0 Å². The van der Waals surface area contributed by atoms with E-state index < -0.39 is 26.4 Å². The highest BCUT2D eigenvalue weighted by Gasteiger charge is 2.19. The molecule has 1 rings (SSSR count). The molecular weight excluding hydrogens is 258 g/mol. The van der Waals surface area contributed by atoms with E-state index in [1.54, 1.807) is 0 Å². The lowest BCUT2D eigenvalue weighted by Gasteiger charge is -2.05. The SMILES string of the molecule is O=S(=O)(CCCCCl)c1cc(F)ccc1F. The van der Waals surface area contributed by atoms with E-state index in [-0.39, 0.29) is 5.75 Å². The minimum absolute atomic E-state index is 0.222. The Hall–Kier alpha value is -0.680. The lowest BCUT2D eigenvalue weighted by molar-refractivity contribution is 0.552. The number of halogens is 3. The molecule has 6 heteroatoms. The van der Waals surface area contributed by atoms with E-state index >= 15 is 0 Å². The summed E-state index contributed by atoms with van der Waals surface area (Å²) < 4.78 is 49.3. The van der Waals surface area contributed by atoms with Crippen molar-refractivity contribution in [3.05, 3.63) is 29.8 Å². The second-order valence-corrected chi connectivity index (χ2v) is 5.75. The molecule has 0 aliphatic rings. The summed E-state index contributed by atoms with van der Waals surface area (Å²) in [6.45, 7) is 0. The van der Waals surface area contributed by atoms with E-state index in [1.807, 2.05) is 0 Å². The predicted molar refractivity (Wildman–Crippen MR) is 58.4 cm³/mol. The zero-order chi connectivity index (χ0) is 12.2. The second kappa shape index (κ2) is 5.59. The van der Waals surface area contributed by atoms with Gasteiger partial charge in [0.15, 0.2) is 9.84 Å². The van der Waals surface area contributed by atoms with E-state index in [0.717, 1.165) is 12.1 Å². The number of hydrogen-bond acceptors (Lipinski definition) is 2. The fourth-order valence-electron chi connectivity index (χ4n) is 1.21.